The highest BCUT2D eigenvalue weighted by Gasteiger charge is 2.17. The lowest BCUT2D eigenvalue weighted by atomic mass is 10.2. The van der Waals surface area contributed by atoms with Crippen LogP contribution in [-0.2, 0) is 9.47 Å². The van der Waals surface area contributed by atoms with Gasteiger partial charge in [0.1, 0.15) is 0 Å². The molecule has 0 saturated carbocycles. The SMILES string of the molecule is CCCCCCOC(=O)c1ccc(C(=O)OCCCCCC)o1. The maximum atomic E-state index is 11.8. The van der Waals surface area contributed by atoms with E-state index in [4.69, 9.17) is 13.9 Å². The summed E-state index contributed by atoms with van der Waals surface area (Å²) in [4.78, 5) is 23.6. The first-order valence-corrected chi connectivity index (χ1v) is 8.63. The fraction of sp³-hybridized carbons (Fsp3) is 0.667. The number of rotatable bonds is 12. The van der Waals surface area contributed by atoms with Crippen molar-refractivity contribution in [1.82, 2.24) is 0 Å². The fourth-order valence-electron chi connectivity index (χ4n) is 2.09. The molecule has 0 aliphatic heterocycles. The van der Waals surface area contributed by atoms with E-state index < -0.39 is 11.9 Å². The molecule has 130 valence electrons. The molecular weight excluding hydrogens is 296 g/mol. The van der Waals surface area contributed by atoms with Crippen molar-refractivity contribution in [2.45, 2.75) is 65.2 Å². The molecule has 5 heteroatoms. The van der Waals surface area contributed by atoms with Gasteiger partial charge in [-0.25, -0.2) is 9.59 Å². The van der Waals surface area contributed by atoms with Gasteiger partial charge in [0.2, 0.25) is 11.5 Å². The van der Waals surface area contributed by atoms with Crippen molar-refractivity contribution in [1.29, 1.82) is 0 Å². The Bertz CT molecular complexity index is 423. The standard InChI is InChI=1S/C18H28O5/c1-3-5-7-9-13-21-17(19)15-11-12-16(23-15)18(20)22-14-10-8-6-4-2/h11-12H,3-10,13-14H2,1-2H3. The van der Waals surface area contributed by atoms with Gasteiger partial charge in [-0.3, -0.25) is 0 Å². The molecule has 23 heavy (non-hydrogen) atoms. The molecule has 0 aromatic carbocycles. The lowest BCUT2D eigenvalue weighted by Gasteiger charge is -2.03. The molecule has 0 N–H and O–H groups in total. The van der Waals surface area contributed by atoms with Crippen LogP contribution in [0.25, 0.3) is 0 Å². The zero-order valence-electron chi connectivity index (χ0n) is 14.3. The molecule has 0 unspecified atom stereocenters. The van der Waals surface area contributed by atoms with E-state index >= 15 is 0 Å². The average Bonchev–Trinajstić information content (AvgIpc) is 3.04. The Kier molecular flexibility index (Phi) is 9.84. The summed E-state index contributed by atoms with van der Waals surface area (Å²) >= 11 is 0. The molecule has 1 aromatic heterocycles. The topological polar surface area (TPSA) is 65.7 Å². The van der Waals surface area contributed by atoms with Gasteiger partial charge in [-0.2, -0.15) is 0 Å². The van der Waals surface area contributed by atoms with Crippen molar-refractivity contribution in [3.63, 3.8) is 0 Å². The third kappa shape index (κ3) is 7.86. The second kappa shape index (κ2) is 11.7. The molecule has 1 rings (SSSR count). The Morgan fingerprint density at radius 1 is 0.783 bits per heavy atom. The number of hydrogen-bond acceptors (Lipinski definition) is 5. The summed E-state index contributed by atoms with van der Waals surface area (Å²) in [5, 5.41) is 0. The minimum absolute atomic E-state index is 0.0402. The van der Waals surface area contributed by atoms with Crippen molar-refractivity contribution in [2.75, 3.05) is 13.2 Å². The summed E-state index contributed by atoms with van der Waals surface area (Å²) < 4.78 is 15.4. The van der Waals surface area contributed by atoms with Crippen LogP contribution in [-0.4, -0.2) is 25.2 Å². The quantitative estimate of drug-likeness (QED) is 0.410. The van der Waals surface area contributed by atoms with Crippen molar-refractivity contribution >= 4 is 11.9 Å². The van der Waals surface area contributed by atoms with Gasteiger partial charge in [0.05, 0.1) is 13.2 Å². The molecular formula is C18H28O5. The van der Waals surface area contributed by atoms with Gasteiger partial charge >= 0.3 is 11.9 Å². The van der Waals surface area contributed by atoms with E-state index in [2.05, 4.69) is 13.8 Å². The first kappa shape index (κ1) is 19.3. The van der Waals surface area contributed by atoms with E-state index in [1.807, 2.05) is 0 Å². The number of carbonyl (C=O) groups excluding carboxylic acids is 2. The Morgan fingerprint density at radius 2 is 1.22 bits per heavy atom. The van der Waals surface area contributed by atoms with Gasteiger partial charge in [-0.15, -0.1) is 0 Å². The highest BCUT2D eigenvalue weighted by atomic mass is 16.6. The molecule has 0 bridgehead atoms. The zero-order valence-corrected chi connectivity index (χ0v) is 14.3. The van der Waals surface area contributed by atoms with E-state index in [0.29, 0.717) is 13.2 Å². The molecule has 0 radical (unpaired) electrons. The normalized spacial score (nSPS) is 10.5. The van der Waals surface area contributed by atoms with Crippen LogP contribution in [0.3, 0.4) is 0 Å². The molecule has 0 fully saturated rings. The van der Waals surface area contributed by atoms with Gasteiger partial charge in [-0.05, 0) is 25.0 Å². The minimum Gasteiger partial charge on any atom is -0.460 e. The number of unbranched alkanes of at least 4 members (excludes halogenated alkanes) is 6. The fourth-order valence-corrected chi connectivity index (χ4v) is 2.09. The zero-order chi connectivity index (χ0) is 16.9. The number of esters is 2. The van der Waals surface area contributed by atoms with Crippen LogP contribution >= 0.6 is 0 Å². The van der Waals surface area contributed by atoms with Crippen LogP contribution in [0.5, 0.6) is 0 Å². The van der Waals surface area contributed by atoms with Crippen LogP contribution < -0.4 is 0 Å². The second-order valence-electron chi connectivity index (χ2n) is 5.56. The number of hydrogen-bond donors (Lipinski definition) is 0. The molecule has 0 saturated heterocycles. The minimum atomic E-state index is -0.538. The molecule has 0 amide bonds. The maximum absolute atomic E-state index is 11.8. The Morgan fingerprint density at radius 3 is 1.61 bits per heavy atom. The Labute approximate surface area is 138 Å². The van der Waals surface area contributed by atoms with Crippen molar-refractivity contribution in [3.05, 3.63) is 23.7 Å². The summed E-state index contributed by atoms with van der Waals surface area (Å²) in [6.07, 6.45) is 8.29. The van der Waals surface area contributed by atoms with Gasteiger partial charge in [0.15, 0.2) is 0 Å². The molecule has 0 spiro atoms. The highest BCUT2D eigenvalue weighted by Crippen LogP contribution is 2.12. The van der Waals surface area contributed by atoms with Gasteiger partial charge in [0.25, 0.3) is 0 Å². The Hall–Kier alpha value is -1.78. The average molecular weight is 324 g/mol. The molecule has 1 heterocycles. The van der Waals surface area contributed by atoms with Crippen LogP contribution in [0.2, 0.25) is 0 Å². The lowest BCUT2D eigenvalue weighted by molar-refractivity contribution is 0.0427. The molecule has 1 aromatic rings. The molecule has 0 atom stereocenters. The maximum Gasteiger partial charge on any atom is 0.374 e. The summed E-state index contributed by atoms with van der Waals surface area (Å²) in [5.74, 6) is -0.996. The number of carbonyl (C=O) groups is 2. The van der Waals surface area contributed by atoms with Crippen LogP contribution in [0, 0.1) is 0 Å². The van der Waals surface area contributed by atoms with Crippen molar-refractivity contribution in [3.8, 4) is 0 Å². The summed E-state index contributed by atoms with van der Waals surface area (Å²) in [6, 6.07) is 2.89. The van der Waals surface area contributed by atoms with E-state index in [0.717, 1.165) is 51.4 Å². The molecule has 0 aliphatic rings. The summed E-state index contributed by atoms with van der Waals surface area (Å²) in [6.45, 7) is 4.99. The number of ether oxygens (including phenoxy) is 2. The molecule has 5 nitrogen and oxygen atoms in total. The lowest BCUT2D eigenvalue weighted by Crippen LogP contribution is -2.07. The summed E-state index contributed by atoms with van der Waals surface area (Å²) in [7, 11) is 0. The first-order valence-electron chi connectivity index (χ1n) is 8.63. The van der Waals surface area contributed by atoms with Crippen molar-refractivity contribution < 1.29 is 23.5 Å². The van der Waals surface area contributed by atoms with E-state index in [1.54, 1.807) is 0 Å². The summed E-state index contributed by atoms with van der Waals surface area (Å²) in [5.41, 5.74) is 0. The largest absolute Gasteiger partial charge is 0.460 e. The van der Waals surface area contributed by atoms with E-state index in [9.17, 15) is 9.59 Å². The predicted octanol–water partition coefficient (Wildman–Crippen LogP) is 4.75. The second-order valence-corrected chi connectivity index (χ2v) is 5.56. The Balaban J connectivity index is 2.29. The van der Waals surface area contributed by atoms with Gasteiger partial charge < -0.3 is 13.9 Å². The van der Waals surface area contributed by atoms with Crippen LogP contribution in [0.1, 0.15) is 86.3 Å². The smallest absolute Gasteiger partial charge is 0.374 e. The first-order chi connectivity index (χ1) is 11.2. The van der Waals surface area contributed by atoms with Gasteiger partial charge in [-0.1, -0.05) is 52.4 Å². The van der Waals surface area contributed by atoms with Crippen molar-refractivity contribution in [2.24, 2.45) is 0 Å². The van der Waals surface area contributed by atoms with E-state index in [1.165, 1.54) is 12.1 Å². The van der Waals surface area contributed by atoms with E-state index in [-0.39, 0.29) is 11.5 Å². The molecule has 0 aliphatic carbocycles. The number of furan rings is 1. The predicted molar refractivity (Wildman–Crippen MR) is 87.6 cm³/mol. The third-order valence-corrected chi connectivity index (χ3v) is 3.47. The van der Waals surface area contributed by atoms with Crippen LogP contribution in [0.15, 0.2) is 16.5 Å². The third-order valence-electron chi connectivity index (χ3n) is 3.47. The monoisotopic (exact) mass is 324 g/mol. The highest BCUT2D eigenvalue weighted by molar-refractivity contribution is 5.90. The van der Waals surface area contributed by atoms with Gasteiger partial charge in [0, 0.05) is 0 Å². The van der Waals surface area contributed by atoms with Crippen LogP contribution in [0.4, 0.5) is 0 Å².